The SMILES string of the molecule is CC(C)CCC[C@@H](C)[C@H]1CC[C@@]2(C)C3CC[C@H]4C(C)(C)[CH]CC[C@]4(C)C3CC[C@]12C. The molecule has 0 saturated heterocycles. The first kappa shape index (κ1) is 23.2. The van der Waals surface area contributed by atoms with Gasteiger partial charge in [0, 0.05) is 0 Å². The largest absolute Gasteiger partial charge is 0.0628 e. The summed E-state index contributed by atoms with van der Waals surface area (Å²) in [6.45, 7) is 20.8. The normalized spacial score (nSPS) is 48.7. The maximum absolute atomic E-state index is 2.77. The van der Waals surface area contributed by atoms with Crippen molar-refractivity contribution in [2.75, 3.05) is 0 Å². The third kappa shape index (κ3) is 3.36. The zero-order chi connectivity index (χ0) is 21.9. The second-order valence-corrected chi connectivity index (χ2v) is 14.2. The van der Waals surface area contributed by atoms with E-state index in [9.17, 15) is 0 Å². The van der Waals surface area contributed by atoms with Gasteiger partial charge in [-0.2, -0.15) is 0 Å². The smallest absolute Gasteiger partial charge is 0.0238 e. The van der Waals surface area contributed by atoms with E-state index in [1.165, 1.54) is 70.6 Å². The minimum absolute atomic E-state index is 0.447. The summed E-state index contributed by atoms with van der Waals surface area (Å²) in [7, 11) is 0. The molecular weight excluding hydrogens is 360 g/mol. The quantitative estimate of drug-likeness (QED) is 0.421. The molecule has 173 valence electrons. The fraction of sp³-hybridized carbons (Fsp3) is 0.967. The van der Waals surface area contributed by atoms with Crippen molar-refractivity contribution >= 4 is 0 Å². The third-order valence-corrected chi connectivity index (χ3v) is 12.2. The van der Waals surface area contributed by atoms with Crippen LogP contribution in [0.3, 0.4) is 0 Å². The average molecular weight is 414 g/mol. The lowest BCUT2D eigenvalue weighted by atomic mass is 9.38. The molecule has 4 aliphatic rings. The maximum Gasteiger partial charge on any atom is -0.0238 e. The van der Waals surface area contributed by atoms with E-state index < -0.39 is 0 Å². The van der Waals surface area contributed by atoms with Crippen molar-refractivity contribution in [1.82, 2.24) is 0 Å². The van der Waals surface area contributed by atoms with Crippen molar-refractivity contribution in [3.8, 4) is 0 Å². The Morgan fingerprint density at radius 2 is 1.47 bits per heavy atom. The molecule has 4 saturated carbocycles. The van der Waals surface area contributed by atoms with Crippen molar-refractivity contribution in [3.63, 3.8) is 0 Å². The molecule has 0 aromatic heterocycles. The van der Waals surface area contributed by atoms with E-state index in [4.69, 9.17) is 0 Å². The van der Waals surface area contributed by atoms with E-state index in [0.29, 0.717) is 21.7 Å². The van der Waals surface area contributed by atoms with Gasteiger partial charge < -0.3 is 0 Å². The molecule has 0 amide bonds. The molecule has 0 heteroatoms. The van der Waals surface area contributed by atoms with E-state index in [-0.39, 0.29) is 0 Å². The average Bonchev–Trinajstić information content (AvgIpc) is 2.92. The van der Waals surface area contributed by atoms with E-state index >= 15 is 0 Å². The molecule has 0 spiro atoms. The van der Waals surface area contributed by atoms with Crippen molar-refractivity contribution in [1.29, 1.82) is 0 Å². The van der Waals surface area contributed by atoms with Crippen LogP contribution in [0, 0.1) is 63.6 Å². The molecule has 2 unspecified atom stereocenters. The Hall–Kier alpha value is 0. The number of fused-ring (bicyclic) bond motifs is 5. The molecule has 4 fully saturated rings. The molecular formula is C30H53. The summed E-state index contributed by atoms with van der Waals surface area (Å²) in [6, 6.07) is 0. The lowest BCUT2D eigenvalue weighted by molar-refractivity contribution is -0.171. The van der Waals surface area contributed by atoms with Gasteiger partial charge >= 0.3 is 0 Å². The summed E-state index contributed by atoms with van der Waals surface area (Å²) in [4.78, 5) is 0. The van der Waals surface area contributed by atoms with Gasteiger partial charge in [-0.3, -0.25) is 0 Å². The van der Waals surface area contributed by atoms with E-state index in [2.05, 4.69) is 61.8 Å². The van der Waals surface area contributed by atoms with Gasteiger partial charge in [-0.25, -0.2) is 0 Å². The first-order valence-corrected chi connectivity index (χ1v) is 13.8. The Morgan fingerprint density at radius 1 is 0.767 bits per heavy atom. The Morgan fingerprint density at radius 3 is 2.17 bits per heavy atom. The summed E-state index contributed by atoms with van der Waals surface area (Å²) < 4.78 is 0. The Labute approximate surface area is 189 Å². The third-order valence-electron chi connectivity index (χ3n) is 12.2. The molecule has 0 aromatic rings. The zero-order valence-corrected chi connectivity index (χ0v) is 21.8. The lowest BCUT2D eigenvalue weighted by Gasteiger charge is -2.67. The van der Waals surface area contributed by atoms with Crippen LogP contribution >= 0.6 is 0 Å². The topological polar surface area (TPSA) is 0 Å². The molecule has 30 heavy (non-hydrogen) atoms. The molecule has 0 N–H and O–H groups in total. The van der Waals surface area contributed by atoms with Crippen molar-refractivity contribution < 1.29 is 0 Å². The molecule has 0 heterocycles. The van der Waals surface area contributed by atoms with Crippen LogP contribution in [-0.4, -0.2) is 0 Å². The van der Waals surface area contributed by atoms with Crippen LogP contribution in [0.5, 0.6) is 0 Å². The van der Waals surface area contributed by atoms with Crippen LogP contribution in [-0.2, 0) is 0 Å². The minimum atomic E-state index is 0.447. The summed E-state index contributed by atoms with van der Waals surface area (Å²) in [5.74, 6) is 5.64. The molecule has 8 atom stereocenters. The van der Waals surface area contributed by atoms with Gasteiger partial charge in [-0.05, 0) is 115 Å². The highest BCUT2D eigenvalue weighted by Gasteiger charge is 2.66. The fourth-order valence-electron chi connectivity index (χ4n) is 10.3. The second-order valence-electron chi connectivity index (χ2n) is 14.2. The number of hydrogen-bond donors (Lipinski definition) is 0. The predicted octanol–water partition coefficient (Wildman–Crippen LogP) is 9.34. The van der Waals surface area contributed by atoms with Crippen molar-refractivity contribution in [2.24, 2.45) is 57.2 Å². The van der Waals surface area contributed by atoms with Gasteiger partial charge in [-0.1, -0.05) is 74.7 Å². The van der Waals surface area contributed by atoms with Crippen LogP contribution in [0.2, 0.25) is 0 Å². The lowest BCUT2D eigenvalue weighted by Crippen LogP contribution is -2.59. The highest BCUT2D eigenvalue weighted by molar-refractivity contribution is 5.17. The Balaban J connectivity index is 1.55. The van der Waals surface area contributed by atoms with Crippen LogP contribution in [0.25, 0.3) is 0 Å². The van der Waals surface area contributed by atoms with Crippen LogP contribution in [0.1, 0.15) is 126 Å². The highest BCUT2D eigenvalue weighted by atomic mass is 14.7. The molecule has 0 bridgehead atoms. The van der Waals surface area contributed by atoms with Gasteiger partial charge in [0.05, 0.1) is 0 Å². The monoisotopic (exact) mass is 413 g/mol. The highest BCUT2D eigenvalue weighted by Crippen LogP contribution is 2.74. The van der Waals surface area contributed by atoms with Crippen LogP contribution < -0.4 is 0 Å². The zero-order valence-electron chi connectivity index (χ0n) is 21.8. The van der Waals surface area contributed by atoms with Crippen LogP contribution in [0.4, 0.5) is 0 Å². The van der Waals surface area contributed by atoms with Gasteiger partial charge in [0.25, 0.3) is 0 Å². The summed E-state index contributed by atoms with van der Waals surface area (Å²) in [5, 5.41) is 0. The molecule has 4 rings (SSSR count). The summed E-state index contributed by atoms with van der Waals surface area (Å²) in [6.07, 6.45) is 18.9. The number of hydrogen-bond acceptors (Lipinski definition) is 0. The minimum Gasteiger partial charge on any atom is -0.0628 e. The van der Waals surface area contributed by atoms with Crippen molar-refractivity contribution in [2.45, 2.75) is 126 Å². The molecule has 0 nitrogen and oxygen atoms in total. The standard InChI is InChI=1S/C30H53/c1-21(2)11-9-12-22(3)23-15-19-30(8)25-13-14-26-27(4,5)17-10-18-28(26,6)24(25)16-20-29(23,30)7/h17,21-26H,9-16,18-20H2,1-8H3/t22-,23-,24?,25?,26+,28-,29-,30+/m1/s1. The molecule has 0 aliphatic heterocycles. The van der Waals surface area contributed by atoms with Crippen molar-refractivity contribution in [3.05, 3.63) is 6.42 Å². The fourth-order valence-corrected chi connectivity index (χ4v) is 10.3. The van der Waals surface area contributed by atoms with Gasteiger partial charge in [0.1, 0.15) is 0 Å². The predicted molar refractivity (Wildman–Crippen MR) is 131 cm³/mol. The van der Waals surface area contributed by atoms with E-state index in [0.717, 1.165) is 35.5 Å². The second kappa shape index (κ2) is 7.80. The first-order valence-electron chi connectivity index (χ1n) is 13.8. The molecule has 4 aliphatic carbocycles. The van der Waals surface area contributed by atoms with Gasteiger partial charge in [-0.15, -0.1) is 0 Å². The Bertz CT molecular complexity index is 616. The summed E-state index contributed by atoms with van der Waals surface area (Å²) in [5.41, 5.74) is 2.21. The summed E-state index contributed by atoms with van der Waals surface area (Å²) >= 11 is 0. The van der Waals surface area contributed by atoms with E-state index in [1.54, 1.807) is 0 Å². The molecule has 1 radical (unpaired) electrons. The molecule has 0 aromatic carbocycles. The van der Waals surface area contributed by atoms with E-state index in [1.807, 2.05) is 0 Å². The Kier molecular flexibility index (Phi) is 6.02. The maximum atomic E-state index is 2.77. The first-order chi connectivity index (χ1) is 14.0. The van der Waals surface area contributed by atoms with Crippen LogP contribution in [0.15, 0.2) is 0 Å². The van der Waals surface area contributed by atoms with Gasteiger partial charge in [0.15, 0.2) is 0 Å². The van der Waals surface area contributed by atoms with Gasteiger partial charge in [0.2, 0.25) is 0 Å². The number of rotatable bonds is 5.